The molecule has 2 aromatic heterocycles. The van der Waals surface area contributed by atoms with Gasteiger partial charge < -0.3 is 0 Å². The van der Waals surface area contributed by atoms with Gasteiger partial charge in [0.15, 0.2) is 5.65 Å². The van der Waals surface area contributed by atoms with Crippen LogP contribution in [0.1, 0.15) is 50.8 Å². The molecular weight excluding hydrogens is 186 g/mol. The van der Waals surface area contributed by atoms with E-state index in [0.29, 0.717) is 11.8 Å². The van der Waals surface area contributed by atoms with Crippen molar-refractivity contribution in [3.05, 3.63) is 29.7 Å². The Kier molecular flexibility index (Phi) is 2.47. The Bertz CT molecular complexity index is 469. The number of fused-ring (bicyclic) bond motifs is 1. The van der Waals surface area contributed by atoms with Crippen LogP contribution in [0.15, 0.2) is 18.5 Å². The number of hydrogen-bond acceptors (Lipinski definition) is 2. The first-order valence-electron chi connectivity index (χ1n) is 5.43. The lowest BCUT2D eigenvalue weighted by Gasteiger charge is -2.08. The normalized spacial score (nSPS) is 11.9. The van der Waals surface area contributed by atoms with Crippen LogP contribution in [0.25, 0.3) is 5.65 Å². The molecule has 80 valence electrons. The van der Waals surface area contributed by atoms with Gasteiger partial charge in [-0.2, -0.15) is 5.10 Å². The molecule has 0 radical (unpaired) electrons. The average molecular weight is 203 g/mol. The van der Waals surface area contributed by atoms with E-state index in [1.807, 2.05) is 23.0 Å². The van der Waals surface area contributed by atoms with Crippen LogP contribution in [0.3, 0.4) is 0 Å². The van der Waals surface area contributed by atoms with Crippen molar-refractivity contribution >= 4 is 5.65 Å². The third-order valence-corrected chi connectivity index (χ3v) is 2.67. The predicted octanol–water partition coefficient (Wildman–Crippen LogP) is 2.98. The smallest absolute Gasteiger partial charge is 0.158 e. The van der Waals surface area contributed by atoms with Crippen molar-refractivity contribution in [1.29, 1.82) is 0 Å². The summed E-state index contributed by atoms with van der Waals surface area (Å²) in [6.07, 6.45) is 3.80. The molecule has 0 atom stereocenters. The summed E-state index contributed by atoms with van der Waals surface area (Å²) in [6.45, 7) is 8.68. The second kappa shape index (κ2) is 3.65. The summed E-state index contributed by atoms with van der Waals surface area (Å²) in [5.74, 6) is 0.938. The molecule has 0 fully saturated rings. The van der Waals surface area contributed by atoms with Gasteiger partial charge >= 0.3 is 0 Å². The number of nitrogens with zero attached hydrogens (tertiary/aromatic N) is 3. The van der Waals surface area contributed by atoms with Crippen molar-refractivity contribution < 1.29 is 0 Å². The third-order valence-electron chi connectivity index (χ3n) is 2.67. The standard InChI is InChI=1S/C12H17N3/c1-8(2)10-7-14-15-11(9(3)4)5-6-13-12(10)15/h5-9H,1-4H3. The van der Waals surface area contributed by atoms with Gasteiger partial charge in [0.1, 0.15) is 0 Å². The van der Waals surface area contributed by atoms with E-state index in [0.717, 1.165) is 5.65 Å². The van der Waals surface area contributed by atoms with E-state index in [2.05, 4.69) is 37.8 Å². The highest BCUT2D eigenvalue weighted by molar-refractivity contribution is 5.48. The molecule has 3 heteroatoms. The van der Waals surface area contributed by atoms with E-state index in [4.69, 9.17) is 0 Å². The summed E-state index contributed by atoms with van der Waals surface area (Å²) in [5, 5.41) is 4.42. The van der Waals surface area contributed by atoms with E-state index in [9.17, 15) is 0 Å². The fourth-order valence-corrected chi connectivity index (χ4v) is 1.77. The molecule has 2 heterocycles. The fraction of sp³-hybridized carbons (Fsp3) is 0.500. The molecule has 3 nitrogen and oxygen atoms in total. The number of hydrogen-bond donors (Lipinski definition) is 0. The molecule has 0 spiro atoms. The van der Waals surface area contributed by atoms with Crippen molar-refractivity contribution in [1.82, 2.24) is 14.6 Å². The van der Waals surface area contributed by atoms with Gasteiger partial charge in [0, 0.05) is 17.5 Å². The Labute approximate surface area is 90.1 Å². The minimum Gasteiger partial charge on any atom is -0.237 e. The highest BCUT2D eigenvalue weighted by atomic mass is 15.3. The van der Waals surface area contributed by atoms with Gasteiger partial charge in [-0.05, 0) is 17.9 Å². The van der Waals surface area contributed by atoms with Gasteiger partial charge in [0.2, 0.25) is 0 Å². The Balaban J connectivity index is 2.69. The van der Waals surface area contributed by atoms with Gasteiger partial charge in [-0.3, -0.25) is 0 Å². The second-order valence-electron chi connectivity index (χ2n) is 4.51. The predicted molar refractivity (Wildman–Crippen MR) is 61.2 cm³/mol. The monoisotopic (exact) mass is 203 g/mol. The SMILES string of the molecule is CC(C)c1cnn2c(C(C)C)ccnc12. The third kappa shape index (κ3) is 1.62. The zero-order valence-corrected chi connectivity index (χ0v) is 9.73. The van der Waals surface area contributed by atoms with E-state index >= 15 is 0 Å². The molecular formula is C12H17N3. The largest absolute Gasteiger partial charge is 0.237 e. The van der Waals surface area contributed by atoms with Crippen molar-refractivity contribution in [2.24, 2.45) is 0 Å². The van der Waals surface area contributed by atoms with Crippen LogP contribution in [0, 0.1) is 0 Å². The lowest BCUT2D eigenvalue weighted by atomic mass is 10.1. The van der Waals surface area contributed by atoms with Gasteiger partial charge in [0.05, 0.1) is 6.20 Å². The average Bonchev–Trinajstić information content (AvgIpc) is 2.59. The summed E-state index contributed by atoms with van der Waals surface area (Å²) >= 11 is 0. The first-order chi connectivity index (χ1) is 7.11. The van der Waals surface area contributed by atoms with Gasteiger partial charge in [0.25, 0.3) is 0 Å². The summed E-state index contributed by atoms with van der Waals surface area (Å²) in [4.78, 5) is 4.41. The van der Waals surface area contributed by atoms with Crippen molar-refractivity contribution in [3.63, 3.8) is 0 Å². The second-order valence-corrected chi connectivity index (χ2v) is 4.51. The minimum atomic E-state index is 0.468. The Morgan fingerprint density at radius 3 is 2.47 bits per heavy atom. The maximum atomic E-state index is 4.42. The summed E-state index contributed by atoms with van der Waals surface area (Å²) < 4.78 is 1.96. The Morgan fingerprint density at radius 2 is 1.87 bits per heavy atom. The summed E-state index contributed by atoms with van der Waals surface area (Å²) in [7, 11) is 0. The van der Waals surface area contributed by atoms with Crippen molar-refractivity contribution in [2.45, 2.75) is 39.5 Å². The van der Waals surface area contributed by atoms with E-state index < -0.39 is 0 Å². The molecule has 0 bridgehead atoms. The molecule has 0 aliphatic heterocycles. The highest BCUT2D eigenvalue weighted by Gasteiger charge is 2.12. The van der Waals surface area contributed by atoms with Gasteiger partial charge in [-0.25, -0.2) is 9.50 Å². The fourth-order valence-electron chi connectivity index (χ4n) is 1.77. The molecule has 0 amide bonds. The van der Waals surface area contributed by atoms with Crippen LogP contribution < -0.4 is 0 Å². The quantitative estimate of drug-likeness (QED) is 0.751. The first-order valence-corrected chi connectivity index (χ1v) is 5.43. The molecule has 15 heavy (non-hydrogen) atoms. The Morgan fingerprint density at radius 1 is 1.13 bits per heavy atom. The van der Waals surface area contributed by atoms with E-state index in [1.54, 1.807) is 0 Å². The zero-order chi connectivity index (χ0) is 11.0. The Hall–Kier alpha value is -1.38. The molecule has 0 aliphatic carbocycles. The van der Waals surface area contributed by atoms with Crippen LogP contribution in [0.5, 0.6) is 0 Å². The summed E-state index contributed by atoms with van der Waals surface area (Å²) in [5.41, 5.74) is 3.43. The first kappa shape index (κ1) is 10.1. The lowest BCUT2D eigenvalue weighted by Crippen LogP contribution is -2.02. The van der Waals surface area contributed by atoms with E-state index in [-0.39, 0.29) is 0 Å². The molecule has 0 aromatic carbocycles. The van der Waals surface area contributed by atoms with E-state index in [1.165, 1.54) is 11.3 Å². The molecule has 2 rings (SSSR count). The van der Waals surface area contributed by atoms with Gasteiger partial charge in [-0.1, -0.05) is 27.7 Å². The summed E-state index contributed by atoms with van der Waals surface area (Å²) in [6, 6.07) is 2.04. The zero-order valence-electron chi connectivity index (χ0n) is 9.73. The maximum Gasteiger partial charge on any atom is 0.158 e. The maximum absolute atomic E-state index is 4.42. The molecule has 2 aromatic rings. The van der Waals surface area contributed by atoms with Gasteiger partial charge in [-0.15, -0.1) is 0 Å². The van der Waals surface area contributed by atoms with Crippen LogP contribution in [-0.2, 0) is 0 Å². The van der Waals surface area contributed by atoms with Crippen LogP contribution in [-0.4, -0.2) is 14.6 Å². The van der Waals surface area contributed by atoms with Crippen molar-refractivity contribution in [3.8, 4) is 0 Å². The topological polar surface area (TPSA) is 30.2 Å². The van der Waals surface area contributed by atoms with Crippen LogP contribution in [0.4, 0.5) is 0 Å². The molecule has 0 N–H and O–H groups in total. The molecule has 0 saturated carbocycles. The van der Waals surface area contributed by atoms with Crippen LogP contribution >= 0.6 is 0 Å². The number of aromatic nitrogens is 3. The number of rotatable bonds is 2. The minimum absolute atomic E-state index is 0.468. The lowest BCUT2D eigenvalue weighted by molar-refractivity contribution is 0.749. The van der Waals surface area contributed by atoms with Crippen LogP contribution in [0.2, 0.25) is 0 Å². The highest BCUT2D eigenvalue weighted by Crippen LogP contribution is 2.21. The molecule has 0 aliphatic rings. The molecule has 0 saturated heterocycles. The molecule has 0 unspecified atom stereocenters. The van der Waals surface area contributed by atoms with Crippen molar-refractivity contribution in [2.75, 3.05) is 0 Å².